The lowest BCUT2D eigenvalue weighted by Gasteiger charge is -2.11. The molecule has 10 heteroatoms. The lowest BCUT2D eigenvalue weighted by atomic mass is 10.2. The van der Waals surface area contributed by atoms with Crippen LogP contribution in [0.4, 0.5) is 0 Å². The second-order valence-electron chi connectivity index (χ2n) is 7.64. The smallest absolute Gasteiger partial charge is 0.259 e. The van der Waals surface area contributed by atoms with Gasteiger partial charge in [0.25, 0.3) is 5.56 Å². The van der Waals surface area contributed by atoms with Crippen LogP contribution >= 0.6 is 23.1 Å². The molecular weight excluding hydrogens is 480 g/mol. The molecule has 172 valence electrons. The molecule has 0 unspecified atom stereocenters. The Morgan fingerprint density at radius 3 is 2.60 bits per heavy atom. The van der Waals surface area contributed by atoms with Gasteiger partial charge in [0.2, 0.25) is 0 Å². The zero-order valence-electron chi connectivity index (χ0n) is 18.5. The molecule has 0 saturated heterocycles. The number of pyridine rings is 1. The summed E-state index contributed by atoms with van der Waals surface area (Å²) in [6, 6.07) is 21.0. The van der Waals surface area contributed by atoms with Crippen LogP contribution in [0.3, 0.4) is 0 Å². The lowest BCUT2D eigenvalue weighted by molar-refractivity contribution is 0.414. The fourth-order valence-electron chi connectivity index (χ4n) is 3.85. The number of rotatable bonds is 6. The van der Waals surface area contributed by atoms with Gasteiger partial charge in [-0.2, -0.15) is 0 Å². The Kier molecular flexibility index (Phi) is 5.51. The summed E-state index contributed by atoms with van der Waals surface area (Å²) in [4.78, 5) is 22.4. The lowest BCUT2D eigenvalue weighted by Crippen LogP contribution is -2.13. The van der Waals surface area contributed by atoms with Crippen molar-refractivity contribution >= 4 is 38.3 Å². The van der Waals surface area contributed by atoms with E-state index in [4.69, 9.17) is 9.72 Å². The number of fused-ring (bicyclic) bond motifs is 3. The van der Waals surface area contributed by atoms with Gasteiger partial charge in [0.1, 0.15) is 5.75 Å². The van der Waals surface area contributed by atoms with E-state index in [1.807, 2.05) is 65.2 Å². The van der Waals surface area contributed by atoms with Crippen molar-refractivity contribution in [2.45, 2.75) is 10.9 Å². The Bertz CT molecular complexity index is 1710. The minimum Gasteiger partial charge on any atom is -0.497 e. The molecule has 4 aromatic heterocycles. The molecule has 0 N–H and O–H groups in total. The Hall–Kier alpha value is -4.02. The Balaban J connectivity index is 1.38. The summed E-state index contributed by atoms with van der Waals surface area (Å²) in [5, 5.41) is 9.62. The summed E-state index contributed by atoms with van der Waals surface area (Å²) in [7, 11) is 1.64. The van der Waals surface area contributed by atoms with E-state index < -0.39 is 0 Å². The summed E-state index contributed by atoms with van der Waals surface area (Å²) in [5.74, 6) is 1.95. The van der Waals surface area contributed by atoms with Gasteiger partial charge in [-0.1, -0.05) is 35.2 Å². The molecule has 2 aromatic carbocycles. The van der Waals surface area contributed by atoms with Gasteiger partial charge in [-0.3, -0.25) is 18.7 Å². The number of nitrogens with zero attached hydrogens (tertiary/aromatic N) is 6. The molecule has 0 radical (unpaired) electrons. The first-order valence-corrected chi connectivity index (χ1v) is 12.5. The third-order valence-electron chi connectivity index (χ3n) is 5.50. The largest absolute Gasteiger partial charge is 0.497 e. The van der Waals surface area contributed by atoms with Crippen molar-refractivity contribution in [2.24, 2.45) is 0 Å². The van der Waals surface area contributed by atoms with Crippen LogP contribution in [0.1, 0.15) is 5.69 Å². The minimum absolute atomic E-state index is 0.0860. The number of ether oxygens (including phenoxy) is 1. The van der Waals surface area contributed by atoms with Crippen molar-refractivity contribution in [3.05, 3.63) is 95.2 Å². The minimum atomic E-state index is -0.0860. The molecule has 6 rings (SSSR count). The van der Waals surface area contributed by atoms with Crippen molar-refractivity contribution < 1.29 is 4.74 Å². The van der Waals surface area contributed by atoms with Crippen molar-refractivity contribution in [2.75, 3.05) is 7.11 Å². The first-order valence-electron chi connectivity index (χ1n) is 10.7. The van der Waals surface area contributed by atoms with Crippen LogP contribution in [0.5, 0.6) is 5.75 Å². The second kappa shape index (κ2) is 8.97. The summed E-state index contributed by atoms with van der Waals surface area (Å²) in [5.41, 5.74) is 3.29. The van der Waals surface area contributed by atoms with Crippen LogP contribution in [0.15, 0.2) is 89.1 Å². The van der Waals surface area contributed by atoms with Gasteiger partial charge in [-0.15, -0.1) is 10.2 Å². The van der Waals surface area contributed by atoms with Gasteiger partial charge in [0, 0.05) is 35.5 Å². The Morgan fingerprint density at radius 1 is 1.00 bits per heavy atom. The van der Waals surface area contributed by atoms with Gasteiger partial charge in [0.05, 0.1) is 23.0 Å². The van der Waals surface area contributed by atoms with E-state index >= 15 is 0 Å². The van der Waals surface area contributed by atoms with E-state index in [2.05, 4.69) is 15.2 Å². The highest BCUT2D eigenvalue weighted by atomic mass is 32.2. The summed E-state index contributed by atoms with van der Waals surface area (Å²) in [6.45, 7) is 0. The molecule has 0 amide bonds. The first-order chi connectivity index (χ1) is 17.2. The van der Waals surface area contributed by atoms with E-state index in [9.17, 15) is 4.79 Å². The number of hydrogen-bond acceptors (Lipinski definition) is 8. The molecule has 0 fully saturated rings. The fourth-order valence-corrected chi connectivity index (χ4v) is 5.75. The molecular formula is C25H18N6O2S2. The second-order valence-corrected chi connectivity index (χ2v) is 9.59. The predicted molar refractivity (Wildman–Crippen MR) is 138 cm³/mol. The average Bonchev–Trinajstić information content (AvgIpc) is 3.49. The van der Waals surface area contributed by atoms with Gasteiger partial charge in [-0.25, -0.2) is 4.98 Å². The zero-order valence-corrected chi connectivity index (χ0v) is 20.2. The third-order valence-corrected chi connectivity index (χ3v) is 7.48. The zero-order chi connectivity index (χ0) is 23.8. The molecule has 4 heterocycles. The third kappa shape index (κ3) is 3.96. The molecule has 0 bridgehead atoms. The van der Waals surface area contributed by atoms with Crippen molar-refractivity contribution in [3.63, 3.8) is 0 Å². The van der Waals surface area contributed by atoms with Crippen LogP contribution in [0.2, 0.25) is 0 Å². The Labute approximate surface area is 207 Å². The highest BCUT2D eigenvalue weighted by Crippen LogP contribution is 2.30. The number of benzene rings is 2. The molecule has 6 aromatic rings. The fraction of sp³-hybridized carbons (Fsp3) is 0.0800. The number of aromatic nitrogens is 6. The standard InChI is InChI=1S/C25H18N6O2S2/c1-33-19-8-6-18(7-9-19)30-23(16-10-12-26-13-11-16)28-29-25(30)34-15-17-14-22(32)31-20-4-2-3-5-21(20)35-24(31)27-17/h2-14H,15H2,1H3. The van der Waals surface area contributed by atoms with Gasteiger partial charge in [-0.05, 0) is 48.5 Å². The van der Waals surface area contributed by atoms with Crippen LogP contribution in [-0.4, -0.2) is 36.2 Å². The van der Waals surface area contributed by atoms with Crippen LogP contribution in [0.25, 0.3) is 32.3 Å². The topological polar surface area (TPSA) is 87.2 Å². The number of para-hydroxylation sites is 1. The maximum atomic E-state index is 12.9. The molecule has 35 heavy (non-hydrogen) atoms. The van der Waals surface area contributed by atoms with E-state index in [-0.39, 0.29) is 5.56 Å². The van der Waals surface area contributed by atoms with Crippen LogP contribution in [0, 0.1) is 0 Å². The molecule has 0 aliphatic carbocycles. The summed E-state index contributed by atoms with van der Waals surface area (Å²) < 4.78 is 10.00. The summed E-state index contributed by atoms with van der Waals surface area (Å²) in [6.07, 6.45) is 3.46. The van der Waals surface area contributed by atoms with E-state index in [0.29, 0.717) is 27.4 Å². The molecule has 8 nitrogen and oxygen atoms in total. The normalized spacial score (nSPS) is 11.3. The average molecular weight is 499 g/mol. The summed E-state index contributed by atoms with van der Waals surface area (Å²) >= 11 is 2.99. The quantitative estimate of drug-likeness (QED) is 0.303. The van der Waals surface area contributed by atoms with Gasteiger partial charge < -0.3 is 4.74 Å². The van der Waals surface area contributed by atoms with Crippen molar-refractivity contribution in [1.29, 1.82) is 0 Å². The maximum absolute atomic E-state index is 12.9. The van der Waals surface area contributed by atoms with E-state index in [1.165, 1.54) is 23.1 Å². The molecule has 0 aliphatic rings. The highest BCUT2D eigenvalue weighted by molar-refractivity contribution is 7.98. The molecule has 0 spiro atoms. The molecule has 0 saturated carbocycles. The maximum Gasteiger partial charge on any atom is 0.259 e. The van der Waals surface area contributed by atoms with E-state index in [0.717, 1.165) is 27.2 Å². The number of hydrogen-bond donors (Lipinski definition) is 0. The first kappa shape index (κ1) is 21.5. The number of thiazole rings is 1. The van der Waals surface area contributed by atoms with Crippen molar-refractivity contribution in [1.82, 2.24) is 29.1 Å². The van der Waals surface area contributed by atoms with Gasteiger partial charge in [0.15, 0.2) is 15.9 Å². The number of methoxy groups -OCH3 is 1. The molecule has 0 aliphatic heterocycles. The monoisotopic (exact) mass is 498 g/mol. The molecule has 0 atom stereocenters. The Morgan fingerprint density at radius 2 is 1.80 bits per heavy atom. The highest BCUT2D eigenvalue weighted by Gasteiger charge is 2.17. The number of thioether (sulfide) groups is 1. The van der Waals surface area contributed by atoms with Crippen LogP contribution < -0.4 is 10.3 Å². The predicted octanol–water partition coefficient (Wildman–Crippen LogP) is 4.85. The SMILES string of the molecule is COc1ccc(-n2c(SCc3cc(=O)n4c(n3)sc3ccccc34)nnc2-c2ccncc2)cc1. The van der Waals surface area contributed by atoms with Crippen molar-refractivity contribution in [3.8, 4) is 22.8 Å². The van der Waals surface area contributed by atoms with Crippen LogP contribution in [-0.2, 0) is 5.75 Å². The van der Waals surface area contributed by atoms with Gasteiger partial charge >= 0.3 is 0 Å². The van der Waals surface area contributed by atoms with E-state index in [1.54, 1.807) is 30.0 Å².